The van der Waals surface area contributed by atoms with Gasteiger partial charge in [-0.3, -0.25) is 0 Å². The van der Waals surface area contributed by atoms with Crippen LogP contribution in [0, 0.1) is 23.7 Å². The third-order valence-corrected chi connectivity index (χ3v) is 3.64. The maximum atomic E-state index is 2.45. The molecule has 0 heteroatoms. The average molecular weight is 196 g/mol. The van der Waals surface area contributed by atoms with Gasteiger partial charge in [-0.25, -0.2) is 0 Å². The minimum atomic E-state index is 0.876. The molecule has 0 amide bonds. The van der Waals surface area contributed by atoms with Crippen molar-refractivity contribution >= 4 is 0 Å². The quantitative estimate of drug-likeness (QED) is 0.567. The van der Waals surface area contributed by atoms with E-state index in [0.29, 0.717) is 0 Å². The topological polar surface area (TPSA) is 0 Å². The Bertz CT molecular complexity index is 144. The first-order chi connectivity index (χ1) is 6.58. The molecule has 0 aromatic heterocycles. The molecule has 0 nitrogen and oxygen atoms in total. The predicted molar refractivity (Wildman–Crippen MR) is 64.4 cm³/mol. The zero-order valence-corrected chi connectivity index (χ0v) is 10.6. The predicted octanol–water partition coefficient (Wildman–Crippen LogP) is 4.89. The summed E-state index contributed by atoms with van der Waals surface area (Å²) in [6.07, 6.45) is 8.90. The van der Waals surface area contributed by atoms with E-state index >= 15 is 0 Å². The van der Waals surface area contributed by atoms with Crippen molar-refractivity contribution < 1.29 is 0 Å². The van der Waals surface area contributed by atoms with Gasteiger partial charge in [-0.2, -0.15) is 0 Å². The summed E-state index contributed by atoms with van der Waals surface area (Å²) in [5.41, 5.74) is 0. The maximum absolute atomic E-state index is 2.45. The summed E-state index contributed by atoms with van der Waals surface area (Å²) in [4.78, 5) is 0. The molecule has 0 radical (unpaired) electrons. The zero-order chi connectivity index (χ0) is 10.6. The van der Waals surface area contributed by atoms with Crippen molar-refractivity contribution in [2.45, 2.75) is 66.2 Å². The van der Waals surface area contributed by atoms with Crippen molar-refractivity contribution in [1.29, 1.82) is 0 Å². The van der Waals surface area contributed by atoms with Crippen LogP contribution in [-0.2, 0) is 0 Å². The Kier molecular flexibility index (Phi) is 4.98. The van der Waals surface area contributed by atoms with Crippen LogP contribution in [0.3, 0.4) is 0 Å². The molecule has 0 aliphatic heterocycles. The van der Waals surface area contributed by atoms with E-state index < -0.39 is 0 Å². The molecule has 1 saturated carbocycles. The van der Waals surface area contributed by atoms with E-state index in [1.165, 1.54) is 38.5 Å². The molecule has 1 aliphatic rings. The van der Waals surface area contributed by atoms with Crippen LogP contribution < -0.4 is 0 Å². The van der Waals surface area contributed by atoms with E-state index in [1.54, 1.807) is 0 Å². The summed E-state index contributed by atoms with van der Waals surface area (Å²) in [6.45, 7) is 9.56. The molecule has 1 rings (SSSR count). The van der Waals surface area contributed by atoms with Crippen LogP contribution in [0.4, 0.5) is 0 Å². The Balaban J connectivity index is 2.08. The monoisotopic (exact) mass is 196 g/mol. The van der Waals surface area contributed by atoms with Gasteiger partial charge in [0.15, 0.2) is 0 Å². The maximum Gasteiger partial charge on any atom is -0.0412 e. The van der Waals surface area contributed by atoms with Crippen LogP contribution >= 0.6 is 0 Å². The summed E-state index contributed by atoms with van der Waals surface area (Å²) in [5.74, 6) is 3.87. The van der Waals surface area contributed by atoms with Crippen LogP contribution in [-0.4, -0.2) is 0 Å². The molecular formula is C14H28. The van der Waals surface area contributed by atoms with Crippen molar-refractivity contribution in [3.05, 3.63) is 0 Å². The van der Waals surface area contributed by atoms with Crippen molar-refractivity contribution in [3.8, 4) is 0 Å². The Labute approximate surface area is 90.5 Å². The SMILES string of the molecule is CC(C)CC(C)CC(C)CC1CCC1. The summed E-state index contributed by atoms with van der Waals surface area (Å²) in [6, 6.07) is 0. The first-order valence-corrected chi connectivity index (χ1v) is 6.58. The van der Waals surface area contributed by atoms with Crippen LogP contribution in [0.25, 0.3) is 0 Å². The fourth-order valence-electron chi connectivity index (χ4n) is 2.98. The van der Waals surface area contributed by atoms with Crippen LogP contribution in [0.5, 0.6) is 0 Å². The Hall–Kier alpha value is 0. The van der Waals surface area contributed by atoms with E-state index in [2.05, 4.69) is 27.7 Å². The van der Waals surface area contributed by atoms with Crippen LogP contribution in [0.2, 0.25) is 0 Å². The molecule has 0 heterocycles. The Morgan fingerprint density at radius 1 is 0.929 bits per heavy atom. The van der Waals surface area contributed by atoms with Gasteiger partial charge in [-0.15, -0.1) is 0 Å². The minimum Gasteiger partial charge on any atom is -0.0628 e. The third-order valence-electron chi connectivity index (χ3n) is 3.64. The molecule has 0 aromatic rings. The van der Waals surface area contributed by atoms with Crippen LogP contribution in [0.15, 0.2) is 0 Å². The molecule has 1 fully saturated rings. The molecule has 0 spiro atoms. The molecule has 84 valence electrons. The van der Waals surface area contributed by atoms with E-state index in [4.69, 9.17) is 0 Å². The fraction of sp³-hybridized carbons (Fsp3) is 1.00. The van der Waals surface area contributed by atoms with Gasteiger partial charge < -0.3 is 0 Å². The van der Waals surface area contributed by atoms with E-state index in [-0.39, 0.29) is 0 Å². The Morgan fingerprint density at radius 3 is 2.00 bits per heavy atom. The normalized spacial score (nSPS) is 22.1. The van der Waals surface area contributed by atoms with E-state index in [0.717, 1.165) is 23.7 Å². The van der Waals surface area contributed by atoms with Crippen molar-refractivity contribution in [2.75, 3.05) is 0 Å². The van der Waals surface area contributed by atoms with Gasteiger partial charge in [-0.1, -0.05) is 47.0 Å². The van der Waals surface area contributed by atoms with Gasteiger partial charge in [-0.05, 0) is 42.9 Å². The lowest BCUT2D eigenvalue weighted by molar-refractivity contribution is 0.231. The zero-order valence-electron chi connectivity index (χ0n) is 10.6. The summed E-state index contributed by atoms with van der Waals surface area (Å²) in [5, 5.41) is 0. The number of hydrogen-bond acceptors (Lipinski definition) is 0. The van der Waals surface area contributed by atoms with Crippen molar-refractivity contribution in [1.82, 2.24) is 0 Å². The number of hydrogen-bond donors (Lipinski definition) is 0. The van der Waals surface area contributed by atoms with Gasteiger partial charge in [0.1, 0.15) is 0 Å². The lowest BCUT2D eigenvalue weighted by Gasteiger charge is -2.29. The molecule has 0 N–H and O–H groups in total. The van der Waals surface area contributed by atoms with Gasteiger partial charge in [0.25, 0.3) is 0 Å². The molecule has 0 saturated heterocycles. The highest BCUT2D eigenvalue weighted by molar-refractivity contribution is 4.73. The molecule has 2 atom stereocenters. The van der Waals surface area contributed by atoms with Crippen molar-refractivity contribution in [3.63, 3.8) is 0 Å². The second-order valence-corrected chi connectivity index (χ2v) is 6.11. The second-order valence-electron chi connectivity index (χ2n) is 6.11. The first-order valence-electron chi connectivity index (χ1n) is 6.58. The lowest BCUT2D eigenvalue weighted by atomic mass is 9.77. The fourth-order valence-corrected chi connectivity index (χ4v) is 2.98. The highest BCUT2D eigenvalue weighted by Crippen LogP contribution is 2.34. The van der Waals surface area contributed by atoms with Crippen LogP contribution in [0.1, 0.15) is 66.2 Å². The number of rotatable bonds is 6. The van der Waals surface area contributed by atoms with Gasteiger partial charge in [0, 0.05) is 0 Å². The molecule has 0 bridgehead atoms. The average Bonchev–Trinajstić information content (AvgIpc) is 1.94. The molecule has 14 heavy (non-hydrogen) atoms. The highest BCUT2D eigenvalue weighted by Gasteiger charge is 2.20. The Morgan fingerprint density at radius 2 is 1.57 bits per heavy atom. The molecular weight excluding hydrogens is 168 g/mol. The molecule has 0 aromatic carbocycles. The van der Waals surface area contributed by atoms with Gasteiger partial charge in [0.2, 0.25) is 0 Å². The summed E-state index contributed by atoms with van der Waals surface area (Å²) < 4.78 is 0. The van der Waals surface area contributed by atoms with Gasteiger partial charge >= 0.3 is 0 Å². The second kappa shape index (κ2) is 5.78. The smallest absolute Gasteiger partial charge is 0.0412 e. The minimum absolute atomic E-state index is 0.876. The molecule has 1 aliphatic carbocycles. The molecule has 2 unspecified atom stereocenters. The van der Waals surface area contributed by atoms with E-state index in [1.807, 2.05) is 0 Å². The third kappa shape index (κ3) is 4.48. The summed E-state index contributed by atoms with van der Waals surface area (Å²) >= 11 is 0. The highest BCUT2D eigenvalue weighted by atomic mass is 14.3. The summed E-state index contributed by atoms with van der Waals surface area (Å²) in [7, 11) is 0. The van der Waals surface area contributed by atoms with Crippen molar-refractivity contribution in [2.24, 2.45) is 23.7 Å². The standard InChI is InChI=1S/C14H28/c1-11(2)8-12(3)9-13(4)10-14-6-5-7-14/h11-14H,5-10H2,1-4H3. The largest absolute Gasteiger partial charge is 0.0628 e. The van der Waals surface area contributed by atoms with E-state index in [9.17, 15) is 0 Å². The first kappa shape index (κ1) is 12.1. The van der Waals surface area contributed by atoms with Gasteiger partial charge in [0.05, 0.1) is 0 Å². The lowest BCUT2D eigenvalue weighted by Crippen LogP contribution is -2.16.